The van der Waals surface area contributed by atoms with Gasteiger partial charge in [-0.1, -0.05) is 38.0 Å². The summed E-state index contributed by atoms with van der Waals surface area (Å²) in [6.07, 6.45) is 7.80. The Morgan fingerprint density at radius 2 is 1.94 bits per heavy atom. The molecule has 2 rings (SSSR count). The van der Waals surface area contributed by atoms with Crippen LogP contribution in [0.3, 0.4) is 0 Å². The molecular weight excluding hydrogens is 231 g/mol. The van der Waals surface area contributed by atoms with Gasteiger partial charge in [-0.25, -0.2) is 0 Å². The van der Waals surface area contributed by atoms with E-state index in [1.165, 1.54) is 12.8 Å². The molecule has 0 aliphatic carbocycles. The van der Waals surface area contributed by atoms with Gasteiger partial charge in [-0.3, -0.25) is 0 Å². The lowest BCUT2D eigenvalue weighted by Gasteiger charge is -2.07. The van der Waals surface area contributed by atoms with Gasteiger partial charge in [0, 0.05) is 4.80 Å². The van der Waals surface area contributed by atoms with Crippen LogP contribution in [0.2, 0.25) is 0 Å². The summed E-state index contributed by atoms with van der Waals surface area (Å²) in [7, 11) is -0.251. The summed E-state index contributed by atoms with van der Waals surface area (Å²) in [5.74, 6) is 1.68. The minimum atomic E-state index is -0.251. The predicted molar refractivity (Wildman–Crippen MR) is 74.6 cm³/mol. The zero-order valence-electron chi connectivity index (χ0n) is 10.3. The lowest BCUT2D eigenvalue weighted by atomic mass is 9.89. The van der Waals surface area contributed by atoms with E-state index < -0.39 is 0 Å². The van der Waals surface area contributed by atoms with Crippen LogP contribution in [-0.4, -0.2) is 13.4 Å². The number of fused-ring (bicyclic) bond motifs is 1. The summed E-state index contributed by atoms with van der Waals surface area (Å²) in [5.41, 5.74) is 0. The van der Waals surface area contributed by atoms with Crippen molar-refractivity contribution in [1.29, 1.82) is 0 Å². The Labute approximate surface area is 108 Å². The highest BCUT2D eigenvalue weighted by atomic mass is 32.2. The molecule has 0 radical (unpaired) electrons. The summed E-state index contributed by atoms with van der Waals surface area (Å²) in [6.45, 7) is 2.20. The minimum absolute atomic E-state index is 0.251. The van der Waals surface area contributed by atoms with Gasteiger partial charge in [0.25, 0.3) is 0 Å². The van der Waals surface area contributed by atoms with Gasteiger partial charge >= 0.3 is 7.12 Å². The van der Waals surface area contributed by atoms with Crippen LogP contribution in [0.1, 0.15) is 26.2 Å². The largest absolute Gasteiger partial charge is 0.639 e. The minimum Gasteiger partial charge on any atom is -0.519 e. The van der Waals surface area contributed by atoms with E-state index in [2.05, 4.69) is 19.3 Å². The second-order valence-corrected chi connectivity index (χ2v) is 4.85. The third-order valence-electron chi connectivity index (χ3n) is 2.69. The maximum atomic E-state index is 5.78. The Balaban J connectivity index is 2.02. The number of hydrogen-bond donors (Lipinski definition) is 0. The van der Waals surface area contributed by atoms with Crippen molar-refractivity contribution >= 4 is 18.9 Å². The van der Waals surface area contributed by atoms with E-state index >= 15 is 0 Å². The van der Waals surface area contributed by atoms with Gasteiger partial charge in [-0.15, -0.1) is 11.8 Å². The highest BCUT2D eigenvalue weighted by Crippen LogP contribution is 2.36. The maximum absolute atomic E-state index is 5.78. The fourth-order valence-corrected chi connectivity index (χ4v) is 2.31. The molecule has 2 nitrogen and oxygen atoms in total. The molecule has 0 bridgehead atoms. The first-order valence-corrected chi connectivity index (χ1v) is 7.24. The second-order valence-electron chi connectivity index (χ2n) is 3.97. The third kappa shape index (κ3) is 3.00. The number of para-hydroxylation sites is 2. The smallest absolute Gasteiger partial charge is 0.519 e. The predicted octanol–water partition coefficient (Wildman–Crippen LogP) is 3.92. The van der Waals surface area contributed by atoms with Crippen LogP contribution in [0.5, 0.6) is 11.5 Å². The molecule has 0 amide bonds. The second kappa shape index (κ2) is 6.06. The lowest BCUT2D eigenvalue weighted by molar-refractivity contribution is 0.515. The van der Waals surface area contributed by atoms with Crippen molar-refractivity contribution in [2.45, 2.75) is 26.2 Å². The molecule has 17 heavy (non-hydrogen) atoms. The standard InChI is InChI=1S/C13H17BO2S/c1-3-4-5-10-13(17-2)14-15-11-8-6-7-9-12(11)16-14/h6-10H,3-5H2,1-2H3/b13-10-. The summed E-state index contributed by atoms with van der Waals surface area (Å²) >= 11 is 1.70. The normalized spacial score (nSPS) is 14.2. The first kappa shape index (κ1) is 12.4. The zero-order valence-corrected chi connectivity index (χ0v) is 11.1. The fourth-order valence-electron chi connectivity index (χ4n) is 1.74. The summed E-state index contributed by atoms with van der Waals surface area (Å²) in [4.78, 5) is 1.16. The van der Waals surface area contributed by atoms with Crippen LogP contribution in [0, 0.1) is 0 Å². The molecule has 0 atom stereocenters. The van der Waals surface area contributed by atoms with Gasteiger partial charge < -0.3 is 9.31 Å². The van der Waals surface area contributed by atoms with Crippen LogP contribution in [0.25, 0.3) is 0 Å². The van der Waals surface area contributed by atoms with Gasteiger partial charge in [0.15, 0.2) is 0 Å². The molecule has 1 aromatic carbocycles. The molecule has 0 saturated carbocycles. The van der Waals surface area contributed by atoms with Crippen molar-refractivity contribution in [3.8, 4) is 11.5 Å². The molecule has 0 aromatic heterocycles. The molecule has 0 fully saturated rings. The first-order valence-electron chi connectivity index (χ1n) is 6.01. The quantitative estimate of drug-likeness (QED) is 0.581. The van der Waals surface area contributed by atoms with Crippen molar-refractivity contribution in [2.24, 2.45) is 0 Å². The van der Waals surface area contributed by atoms with E-state index in [1.807, 2.05) is 24.3 Å². The van der Waals surface area contributed by atoms with E-state index in [0.717, 1.165) is 22.7 Å². The van der Waals surface area contributed by atoms with Crippen molar-refractivity contribution in [2.75, 3.05) is 6.26 Å². The Kier molecular flexibility index (Phi) is 4.43. The molecule has 0 spiro atoms. The van der Waals surface area contributed by atoms with Crippen LogP contribution in [-0.2, 0) is 0 Å². The van der Waals surface area contributed by atoms with Crippen LogP contribution >= 0.6 is 11.8 Å². The Morgan fingerprint density at radius 1 is 1.29 bits per heavy atom. The third-order valence-corrected chi connectivity index (χ3v) is 3.52. The van der Waals surface area contributed by atoms with Gasteiger partial charge in [-0.2, -0.15) is 0 Å². The first-order chi connectivity index (χ1) is 8.35. The molecule has 1 aliphatic heterocycles. The molecular formula is C13H17BO2S. The lowest BCUT2D eigenvalue weighted by Crippen LogP contribution is -2.26. The van der Waals surface area contributed by atoms with Crippen LogP contribution in [0.15, 0.2) is 35.1 Å². The molecule has 90 valence electrons. The summed E-state index contributed by atoms with van der Waals surface area (Å²) in [5, 5.41) is 0. The number of rotatable bonds is 5. The van der Waals surface area contributed by atoms with E-state index in [1.54, 1.807) is 11.8 Å². The van der Waals surface area contributed by atoms with E-state index in [0.29, 0.717) is 0 Å². The molecule has 0 saturated heterocycles. The number of unbranched alkanes of at least 4 members (excludes halogenated alkanes) is 2. The summed E-state index contributed by atoms with van der Waals surface area (Å²) in [6, 6.07) is 7.81. The van der Waals surface area contributed by atoms with Crippen LogP contribution < -0.4 is 9.31 Å². The molecule has 4 heteroatoms. The van der Waals surface area contributed by atoms with E-state index in [9.17, 15) is 0 Å². The fraction of sp³-hybridized carbons (Fsp3) is 0.385. The van der Waals surface area contributed by atoms with Gasteiger partial charge in [0.05, 0.1) is 0 Å². The molecule has 1 aromatic rings. The zero-order chi connectivity index (χ0) is 12.1. The summed E-state index contributed by atoms with van der Waals surface area (Å²) < 4.78 is 11.6. The van der Waals surface area contributed by atoms with Crippen molar-refractivity contribution < 1.29 is 9.31 Å². The van der Waals surface area contributed by atoms with Crippen molar-refractivity contribution in [1.82, 2.24) is 0 Å². The molecule has 0 N–H and O–H groups in total. The van der Waals surface area contributed by atoms with E-state index in [4.69, 9.17) is 9.31 Å². The highest BCUT2D eigenvalue weighted by molar-refractivity contribution is 8.04. The Bertz CT molecular complexity index is 381. The number of hydrogen-bond acceptors (Lipinski definition) is 3. The number of benzene rings is 1. The molecule has 1 aliphatic rings. The van der Waals surface area contributed by atoms with Gasteiger partial charge in [0.2, 0.25) is 0 Å². The van der Waals surface area contributed by atoms with Crippen molar-refractivity contribution in [3.05, 3.63) is 35.1 Å². The topological polar surface area (TPSA) is 18.5 Å². The number of thioether (sulfide) groups is 1. The molecule has 0 unspecified atom stereocenters. The van der Waals surface area contributed by atoms with Gasteiger partial charge in [0.1, 0.15) is 11.5 Å². The van der Waals surface area contributed by atoms with Crippen LogP contribution in [0.4, 0.5) is 0 Å². The Morgan fingerprint density at radius 3 is 2.47 bits per heavy atom. The highest BCUT2D eigenvalue weighted by Gasteiger charge is 2.35. The number of allylic oxidation sites excluding steroid dienone is 1. The molecule has 1 heterocycles. The monoisotopic (exact) mass is 248 g/mol. The average Bonchev–Trinajstić information content (AvgIpc) is 2.78. The average molecular weight is 248 g/mol. The maximum Gasteiger partial charge on any atom is 0.639 e. The SMILES string of the molecule is CCCC/C=C(\SC)B1Oc2ccccc2O1. The van der Waals surface area contributed by atoms with Crippen molar-refractivity contribution in [3.63, 3.8) is 0 Å². The van der Waals surface area contributed by atoms with Gasteiger partial charge in [-0.05, 0) is 24.8 Å². The Hall–Kier alpha value is -1.03. The van der Waals surface area contributed by atoms with E-state index in [-0.39, 0.29) is 7.12 Å².